The van der Waals surface area contributed by atoms with Crippen LogP contribution in [0.3, 0.4) is 0 Å². The monoisotopic (exact) mass is 748 g/mol. The van der Waals surface area contributed by atoms with E-state index in [0.717, 1.165) is 69.0 Å². The van der Waals surface area contributed by atoms with E-state index in [2.05, 4.69) is 27.0 Å². The molecule has 274 valence electrons. The van der Waals surface area contributed by atoms with Crippen molar-refractivity contribution in [3.8, 4) is 23.2 Å². The van der Waals surface area contributed by atoms with E-state index in [-0.39, 0.29) is 65.8 Å². The van der Waals surface area contributed by atoms with Gasteiger partial charge in [0.1, 0.15) is 34.8 Å². The normalized spacial score (nSPS) is 23.8. The summed E-state index contributed by atoms with van der Waals surface area (Å²) in [6.45, 7) is 7.79. The van der Waals surface area contributed by atoms with Crippen LogP contribution in [0.2, 0.25) is 5.02 Å². The maximum atomic E-state index is 17.0. The highest BCUT2D eigenvalue weighted by atomic mass is 35.5. The van der Waals surface area contributed by atoms with Gasteiger partial charge in [0.2, 0.25) is 6.41 Å². The van der Waals surface area contributed by atoms with E-state index in [1.165, 1.54) is 37.9 Å². The van der Waals surface area contributed by atoms with Gasteiger partial charge in [-0.3, -0.25) is 9.69 Å². The van der Waals surface area contributed by atoms with E-state index in [1.807, 2.05) is 6.07 Å². The van der Waals surface area contributed by atoms with E-state index in [1.54, 1.807) is 11.0 Å². The molecule has 3 unspecified atom stereocenters. The van der Waals surface area contributed by atoms with Gasteiger partial charge in [-0.2, -0.15) is 15.2 Å². The predicted molar refractivity (Wildman–Crippen MR) is 201 cm³/mol. The van der Waals surface area contributed by atoms with Crippen molar-refractivity contribution in [1.29, 1.82) is 5.26 Å². The Morgan fingerprint density at radius 2 is 1.88 bits per heavy atom. The molecule has 6 fully saturated rings. The van der Waals surface area contributed by atoms with Crippen LogP contribution in [0.25, 0.3) is 32.1 Å². The van der Waals surface area contributed by atoms with Crippen molar-refractivity contribution in [2.24, 2.45) is 5.92 Å². The second-order valence-corrected chi connectivity index (χ2v) is 16.4. The Labute approximate surface area is 310 Å². The van der Waals surface area contributed by atoms with Crippen LogP contribution in [-0.2, 0) is 4.79 Å². The highest BCUT2D eigenvalue weighted by Gasteiger charge is 2.46. The molecule has 3 N–H and O–H groups in total. The number of nitrogen functional groups attached to an aromatic ring is 1. The fourth-order valence-electron chi connectivity index (χ4n) is 8.32. The molecule has 10 nitrogen and oxygen atoms in total. The van der Waals surface area contributed by atoms with Gasteiger partial charge < -0.3 is 25.6 Å². The zero-order valence-corrected chi connectivity index (χ0v) is 30.8. The van der Waals surface area contributed by atoms with Crippen molar-refractivity contribution >= 4 is 61.2 Å². The molecule has 2 aromatic heterocycles. The quantitative estimate of drug-likeness (QED) is 0.163. The Kier molecular flexibility index (Phi) is 9.61. The van der Waals surface area contributed by atoms with Crippen LogP contribution in [0.4, 0.5) is 19.6 Å². The number of ether oxygens (including phenoxy) is 1. The number of carbonyl (C=O) groups excluding carboxylic acids is 1. The molecule has 6 aliphatic rings. The van der Waals surface area contributed by atoms with E-state index < -0.39 is 11.6 Å². The van der Waals surface area contributed by atoms with Gasteiger partial charge in [0, 0.05) is 54.5 Å². The van der Waals surface area contributed by atoms with Gasteiger partial charge in [-0.1, -0.05) is 36.9 Å². The largest absolute Gasteiger partial charge is 0.461 e. The van der Waals surface area contributed by atoms with Gasteiger partial charge in [-0.25, -0.2) is 8.78 Å². The fraction of sp³-hybridized carbons (Fsp3) is 0.526. The second kappa shape index (κ2) is 14.2. The Balaban J connectivity index is 0.000000496. The number of rotatable bonds is 6. The molecule has 5 saturated heterocycles. The van der Waals surface area contributed by atoms with Gasteiger partial charge in [0.25, 0.3) is 0 Å². The van der Waals surface area contributed by atoms with Gasteiger partial charge >= 0.3 is 6.01 Å². The Morgan fingerprint density at radius 3 is 2.54 bits per heavy atom. The summed E-state index contributed by atoms with van der Waals surface area (Å²) in [7, 11) is 0. The lowest BCUT2D eigenvalue weighted by Gasteiger charge is -2.31. The number of nitrogens with zero attached hydrogens (tertiary/aromatic N) is 6. The summed E-state index contributed by atoms with van der Waals surface area (Å²) in [6, 6.07) is 7.26. The molecule has 1 amide bonds. The first-order chi connectivity index (χ1) is 25.2. The SMILES string of the molecule is C1CC1.CC1CN1.N#Cc1c(N)sc2c(F)ccc(-c3c(Cl)cc4c(N5CCC6CN(C=O)CC65)nc(OCC56CCCN5CCC6)nc4c3F)c12. The molecule has 10 rings (SSSR count). The van der Waals surface area contributed by atoms with E-state index in [4.69, 9.17) is 27.1 Å². The average Bonchev–Trinajstić information content (AvgIpc) is 3.94. The number of nitriles is 1. The zero-order chi connectivity index (χ0) is 36.1. The Hall–Kier alpha value is -3.83. The van der Waals surface area contributed by atoms with Crippen LogP contribution in [-0.4, -0.2) is 89.7 Å². The lowest BCUT2D eigenvalue weighted by Crippen LogP contribution is -2.43. The first-order valence-corrected chi connectivity index (χ1v) is 19.6. The smallest absolute Gasteiger partial charge is 0.319 e. The number of nitrogens with one attached hydrogen (secondary N) is 1. The van der Waals surface area contributed by atoms with Crippen molar-refractivity contribution in [3.05, 3.63) is 40.4 Å². The minimum absolute atomic E-state index is 0.00252. The number of anilines is 2. The van der Waals surface area contributed by atoms with Gasteiger partial charge in [-0.15, -0.1) is 11.3 Å². The van der Waals surface area contributed by atoms with E-state index >= 15 is 4.39 Å². The first-order valence-electron chi connectivity index (χ1n) is 18.4. The first kappa shape index (κ1) is 35.2. The zero-order valence-electron chi connectivity index (χ0n) is 29.3. The van der Waals surface area contributed by atoms with Gasteiger partial charge in [0.05, 0.1) is 26.9 Å². The molecule has 5 aliphatic heterocycles. The van der Waals surface area contributed by atoms with Crippen molar-refractivity contribution in [2.75, 3.05) is 56.5 Å². The van der Waals surface area contributed by atoms with Crippen molar-refractivity contribution in [1.82, 2.24) is 25.1 Å². The molecule has 1 aliphatic carbocycles. The molecule has 7 heterocycles. The summed E-state index contributed by atoms with van der Waals surface area (Å²) in [5, 5.41) is 13.8. The van der Waals surface area contributed by atoms with Crippen LogP contribution in [0.1, 0.15) is 63.9 Å². The molecule has 0 spiro atoms. The summed E-state index contributed by atoms with van der Waals surface area (Å²) in [6.07, 6.45) is 10.5. The minimum Gasteiger partial charge on any atom is -0.461 e. The molecular formula is C38H43ClF2N8O2S. The number of halogens is 3. The third kappa shape index (κ3) is 6.52. The third-order valence-electron chi connectivity index (χ3n) is 11.3. The number of hydrogen-bond acceptors (Lipinski definition) is 10. The van der Waals surface area contributed by atoms with Crippen molar-refractivity contribution in [2.45, 2.75) is 75.9 Å². The Morgan fingerprint density at radius 1 is 1.15 bits per heavy atom. The lowest BCUT2D eigenvalue weighted by atomic mass is 9.95. The molecule has 0 bridgehead atoms. The number of hydrogen-bond donors (Lipinski definition) is 2. The number of aromatic nitrogens is 2. The number of benzene rings is 2. The maximum absolute atomic E-state index is 17.0. The molecule has 2 aromatic carbocycles. The molecule has 0 radical (unpaired) electrons. The number of fused-ring (bicyclic) bond motifs is 4. The molecular weight excluding hydrogens is 706 g/mol. The summed E-state index contributed by atoms with van der Waals surface area (Å²) in [5.74, 6) is -0.488. The summed E-state index contributed by atoms with van der Waals surface area (Å²) >= 11 is 7.80. The van der Waals surface area contributed by atoms with Crippen LogP contribution in [0, 0.1) is 28.9 Å². The van der Waals surface area contributed by atoms with Gasteiger partial charge in [0.15, 0.2) is 5.82 Å². The summed E-state index contributed by atoms with van der Waals surface area (Å²) in [4.78, 5) is 27.5. The van der Waals surface area contributed by atoms with E-state index in [0.29, 0.717) is 37.4 Å². The van der Waals surface area contributed by atoms with Gasteiger partial charge in [-0.05, 0) is 69.8 Å². The molecule has 14 heteroatoms. The maximum Gasteiger partial charge on any atom is 0.319 e. The highest BCUT2D eigenvalue weighted by Crippen LogP contribution is 2.47. The summed E-state index contributed by atoms with van der Waals surface area (Å²) in [5.41, 5.74) is 6.36. The van der Waals surface area contributed by atoms with E-state index in [9.17, 15) is 14.4 Å². The second-order valence-electron chi connectivity index (χ2n) is 15.0. The van der Waals surface area contributed by atoms with Crippen molar-refractivity contribution in [3.63, 3.8) is 0 Å². The van der Waals surface area contributed by atoms with Crippen molar-refractivity contribution < 1.29 is 18.3 Å². The summed E-state index contributed by atoms with van der Waals surface area (Å²) < 4.78 is 38.3. The molecule has 3 atom stereocenters. The number of amides is 1. The topological polar surface area (TPSA) is 134 Å². The van der Waals surface area contributed by atoms with Crippen LogP contribution in [0.15, 0.2) is 18.2 Å². The number of nitrogens with two attached hydrogens (primary N) is 1. The lowest BCUT2D eigenvalue weighted by molar-refractivity contribution is -0.117. The molecule has 1 saturated carbocycles. The van der Waals surface area contributed by atoms with Crippen LogP contribution in [0.5, 0.6) is 6.01 Å². The number of thiophene rings is 1. The number of carbonyl (C=O) groups is 1. The molecule has 4 aromatic rings. The Bertz CT molecular complexity index is 2050. The molecule has 52 heavy (non-hydrogen) atoms. The number of likely N-dealkylation sites (tertiary alicyclic amines) is 1. The van der Waals surface area contributed by atoms with Crippen LogP contribution < -0.4 is 20.7 Å². The fourth-order valence-corrected chi connectivity index (χ4v) is 9.56. The minimum atomic E-state index is -0.717. The highest BCUT2D eigenvalue weighted by molar-refractivity contribution is 7.23. The predicted octanol–water partition coefficient (Wildman–Crippen LogP) is 6.72. The standard InChI is InChI=1S/C32H30ClF2N7O2S.C3H7N.C3H6/c33-21-11-19-27(26(35)25(21)18-3-4-22(34)28-24(18)20(12-36)29(37)45-28)38-31(44-15-32-6-1-8-41(32)9-2-7-32)39-30(19)42-10-5-17-13-40(16-43)14-23(17)42;1-3-2-4-3;1-2-3-1/h3-4,11,16-17,23H,1-2,5-10,13-15,37H2;3-4H,2H2,1H3;1-3H2. The third-order valence-corrected chi connectivity index (χ3v) is 12.6. The average molecular weight is 749 g/mol. The van der Waals surface area contributed by atoms with Crippen LogP contribution >= 0.6 is 22.9 Å².